The predicted octanol–water partition coefficient (Wildman–Crippen LogP) is 8.08. The van der Waals surface area contributed by atoms with E-state index in [2.05, 4.69) is 57.9 Å². The minimum Gasteiger partial charge on any atom is -0.493 e. The minimum absolute atomic E-state index is 0.0137. The number of amidine groups is 1. The van der Waals surface area contributed by atoms with Crippen LogP contribution in [-0.2, 0) is 36.6 Å². The molecule has 73 heavy (non-hydrogen) atoms. The lowest BCUT2D eigenvalue weighted by Gasteiger charge is -2.38. The molecule has 10 rings (SSSR count). The first-order chi connectivity index (χ1) is 35.2. The van der Waals surface area contributed by atoms with Crippen LogP contribution >= 0.6 is 23.2 Å². The number of aliphatic hydroxyl groups is 1. The van der Waals surface area contributed by atoms with Crippen molar-refractivity contribution in [2.45, 2.75) is 99.4 Å². The van der Waals surface area contributed by atoms with Gasteiger partial charge in [0.2, 0.25) is 11.7 Å². The Morgan fingerprint density at radius 3 is 2.26 bits per heavy atom. The van der Waals surface area contributed by atoms with E-state index in [4.69, 9.17) is 43.4 Å². The Bertz CT molecular complexity index is 3190. The molecule has 1 saturated heterocycles. The number of methoxy groups -OCH3 is 2. The molecule has 1 aliphatic carbocycles. The number of benzene rings is 5. The van der Waals surface area contributed by atoms with Gasteiger partial charge in [-0.15, -0.1) is 10.2 Å². The number of aromatic nitrogens is 4. The SMILES string of the molecule is CCCCC1=NC2(CCCC2)C(=O)N1Cc1ccc(-c2ccccc2-c2nn[nH]n2)cc1.COc1ccc(S(=O)(=O)N2c3ccc(Cl)cc3[C@](O)(c3ccccc3Cl)[C@@H]2C(=O)N2CCC[C@H]2C(N)=O)cc1OC. The van der Waals surface area contributed by atoms with Gasteiger partial charge in [0, 0.05) is 45.8 Å². The lowest BCUT2D eigenvalue weighted by molar-refractivity contribution is -0.141. The third kappa shape index (κ3) is 9.41. The summed E-state index contributed by atoms with van der Waals surface area (Å²) in [6.45, 7) is 2.90. The van der Waals surface area contributed by atoms with Gasteiger partial charge in [0.25, 0.3) is 21.8 Å². The Hall–Kier alpha value is -6.86. The van der Waals surface area contributed by atoms with Crippen LogP contribution in [0.3, 0.4) is 0 Å². The quantitative estimate of drug-likeness (QED) is 0.0945. The van der Waals surface area contributed by atoms with Crippen molar-refractivity contribution in [1.82, 2.24) is 30.4 Å². The number of unbranched alkanes of at least 4 members (excludes halogenated alkanes) is 1. The van der Waals surface area contributed by atoms with Crippen LogP contribution in [0.4, 0.5) is 5.69 Å². The molecule has 4 N–H and O–H groups in total. The van der Waals surface area contributed by atoms with Gasteiger partial charge >= 0.3 is 0 Å². The standard InChI is InChI=1S/C28H27Cl2N3O7S.C25H28N6O/c1-39-23-12-10-17(15-24(23)40-2)41(37,38)33-21-11-9-16(29)14-19(21)28(36,18-6-3-4-7-20(18)30)25(33)27(35)32-13-5-8-22(32)26(31)34;1-2-3-10-22-26-25(15-6-7-16-25)24(32)31(22)17-18-11-13-19(14-12-18)20-8-4-5-9-21(20)23-27-29-30-28-23/h3-4,6-7,9-12,14-15,22,25,36H,5,8,13H2,1-2H3,(H2,31,34);4-5,8-9,11-14H,2-3,6-7,10,15-17H2,1H3,(H,27,28,29,30)/t22-,25-,28+;/m0./s1. The number of hydrogen-bond acceptors (Lipinski definition) is 12. The van der Waals surface area contributed by atoms with E-state index < -0.39 is 45.1 Å². The summed E-state index contributed by atoms with van der Waals surface area (Å²) in [4.78, 5) is 48.0. The summed E-state index contributed by atoms with van der Waals surface area (Å²) in [5.74, 6) is 0.641. The van der Waals surface area contributed by atoms with Crippen molar-refractivity contribution in [3.63, 3.8) is 0 Å². The first kappa shape index (κ1) is 51.1. The highest BCUT2D eigenvalue weighted by Crippen LogP contribution is 2.53. The summed E-state index contributed by atoms with van der Waals surface area (Å²) >= 11 is 12.9. The third-order valence-electron chi connectivity index (χ3n) is 14.1. The molecule has 6 aromatic rings. The number of aromatic amines is 1. The van der Waals surface area contributed by atoms with E-state index in [9.17, 15) is 27.9 Å². The Kier molecular flexibility index (Phi) is 14.6. The summed E-state index contributed by atoms with van der Waals surface area (Å²) in [5, 5.41) is 27.4. The van der Waals surface area contributed by atoms with Gasteiger partial charge in [-0.25, -0.2) is 12.7 Å². The average Bonchev–Trinajstić information content (AvgIpc) is 4.27. The molecule has 3 amide bonds. The molecule has 3 aliphatic heterocycles. The summed E-state index contributed by atoms with van der Waals surface area (Å²) in [7, 11) is -1.81. The molecule has 1 saturated carbocycles. The molecule has 0 unspecified atom stereocenters. The zero-order valence-electron chi connectivity index (χ0n) is 40.5. The molecule has 20 heteroatoms. The van der Waals surface area contributed by atoms with Gasteiger partial charge in [-0.2, -0.15) is 5.21 Å². The number of anilines is 1. The number of fused-ring (bicyclic) bond motifs is 1. The zero-order chi connectivity index (χ0) is 51.7. The number of aliphatic imine (C=N–C) groups is 1. The van der Waals surface area contributed by atoms with Gasteiger partial charge in [0.05, 0.1) is 31.3 Å². The summed E-state index contributed by atoms with van der Waals surface area (Å²) in [5.41, 5.74) is 7.15. The summed E-state index contributed by atoms with van der Waals surface area (Å²) < 4.78 is 40.4. The van der Waals surface area contributed by atoms with Gasteiger partial charge in [-0.1, -0.05) is 116 Å². The molecule has 0 radical (unpaired) electrons. The van der Waals surface area contributed by atoms with Crippen molar-refractivity contribution in [1.29, 1.82) is 0 Å². The zero-order valence-corrected chi connectivity index (χ0v) is 42.8. The van der Waals surface area contributed by atoms with Crippen LogP contribution < -0.4 is 19.5 Å². The third-order valence-corrected chi connectivity index (χ3v) is 16.5. The number of nitrogens with two attached hydrogens (primary N) is 1. The summed E-state index contributed by atoms with van der Waals surface area (Å²) in [6, 6.07) is 28.2. The molecule has 1 aromatic heterocycles. The first-order valence-electron chi connectivity index (χ1n) is 24.1. The van der Waals surface area contributed by atoms with Gasteiger partial charge in [-0.3, -0.25) is 24.3 Å². The predicted molar refractivity (Wildman–Crippen MR) is 277 cm³/mol. The number of ether oxygens (including phenoxy) is 2. The molecule has 5 aromatic carbocycles. The fraction of sp³-hybridized carbons (Fsp3) is 0.340. The number of hydrogen-bond donors (Lipinski definition) is 3. The normalized spacial score (nSPS) is 19.9. The van der Waals surface area contributed by atoms with E-state index in [1.54, 1.807) is 12.1 Å². The second-order valence-corrected chi connectivity index (χ2v) is 21.1. The van der Waals surface area contributed by atoms with E-state index >= 15 is 0 Å². The molecule has 4 aliphatic rings. The highest BCUT2D eigenvalue weighted by Gasteiger charge is 2.61. The molecule has 2 fully saturated rings. The number of nitrogens with one attached hydrogen (secondary N) is 1. The van der Waals surface area contributed by atoms with Gasteiger partial charge in [-0.05, 0) is 90.4 Å². The number of amides is 3. The first-order valence-corrected chi connectivity index (χ1v) is 26.3. The van der Waals surface area contributed by atoms with Crippen LogP contribution in [0.1, 0.15) is 81.4 Å². The Morgan fingerprint density at radius 1 is 0.877 bits per heavy atom. The molecular weight excluding hydrogens is 994 g/mol. The van der Waals surface area contributed by atoms with Crippen molar-refractivity contribution in [3.8, 4) is 34.0 Å². The van der Waals surface area contributed by atoms with Gasteiger partial charge in [0.15, 0.2) is 17.5 Å². The maximum absolute atomic E-state index is 14.5. The number of nitrogens with zero attached hydrogens (tertiary/aromatic N) is 7. The van der Waals surface area contributed by atoms with Crippen LogP contribution in [-0.4, -0.2) is 106 Å². The number of likely N-dealkylation sites (tertiary alicyclic amines) is 1. The van der Waals surface area contributed by atoms with E-state index in [0.717, 1.165) is 77.3 Å². The van der Waals surface area contributed by atoms with Crippen molar-refractivity contribution >= 4 is 62.5 Å². The smallest absolute Gasteiger partial charge is 0.265 e. The number of halogens is 2. The van der Waals surface area contributed by atoms with Gasteiger partial charge in [0.1, 0.15) is 23.0 Å². The molecule has 3 atom stereocenters. The molecule has 0 bridgehead atoms. The maximum atomic E-state index is 14.5. The second kappa shape index (κ2) is 20.9. The average molecular weight is 1050 g/mol. The largest absolute Gasteiger partial charge is 0.493 e. The van der Waals surface area contributed by atoms with E-state index in [1.807, 2.05) is 23.1 Å². The fourth-order valence-electron chi connectivity index (χ4n) is 10.5. The lowest BCUT2D eigenvalue weighted by Crippen LogP contribution is -2.59. The fourth-order valence-corrected chi connectivity index (χ4v) is 12.6. The van der Waals surface area contributed by atoms with Crippen LogP contribution in [0.25, 0.3) is 22.5 Å². The van der Waals surface area contributed by atoms with Crippen LogP contribution in [0, 0.1) is 0 Å². The number of carbonyl (C=O) groups is 3. The number of primary amides is 1. The Labute approximate surface area is 433 Å². The number of rotatable bonds is 14. The number of carbonyl (C=O) groups excluding carboxylic acids is 3. The van der Waals surface area contributed by atoms with Gasteiger partial charge < -0.3 is 25.2 Å². The van der Waals surface area contributed by atoms with Crippen molar-refractivity contribution in [2.75, 3.05) is 25.1 Å². The van der Waals surface area contributed by atoms with Crippen LogP contribution in [0.2, 0.25) is 10.0 Å². The van der Waals surface area contributed by atoms with Crippen molar-refractivity contribution in [2.24, 2.45) is 10.7 Å². The molecule has 17 nitrogen and oxygen atoms in total. The molecule has 380 valence electrons. The van der Waals surface area contributed by atoms with Crippen LogP contribution in [0.15, 0.2) is 119 Å². The minimum atomic E-state index is -4.59. The monoisotopic (exact) mass is 1050 g/mol. The second-order valence-electron chi connectivity index (χ2n) is 18.5. The number of tetrazole rings is 1. The highest BCUT2D eigenvalue weighted by atomic mass is 35.5. The highest BCUT2D eigenvalue weighted by molar-refractivity contribution is 7.93. The topological polar surface area (TPSA) is 227 Å². The van der Waals surface area contributed by atoms with E-state index in [-0.39, 0.29) is 50.0 Å². The van der Waals surface area contributed by atoms with Crippen molar-refractivity contribution in [3.05, 3.63) is 136 Å². The lowest BCUT2D eigenvalue weighted by atomic mass is 9.82. The molecule has 1 spiro atoms. The molecule has 4 heterocycles. The Morgan fingerprint density at radius 2 is 1.59 bits per heavy atom. The number of H-pyrrole nitrogens is 1. The van der Waals surface area contributed by atoms with Crippen LogP contribution in [0.5, 0.6) is 11.5 Å². The molecular formula is C53H55Cl2N9O8S. The van der Waals surface area contributed by atoms with E-state index in [0.29, 0.717) is 31.0 Å². The van der Waals surface area contributed by atoms with Crippen molar-refractivity contribution < 1.29 is 37.4 Å². The summed E-state index contributed by atoms with van der Waals surface area (Å²) in [6.07, 6.45) is 7.79. The van der Waals surface area contributed by atoms with E-state index in [1.165, 1.54) is 67.7 Å². The maximum Gasteiger partial charge on any atom is 0.265 e. The number of sulfonamides is 1. The Balaban J connectivity index is 0.000000185.